The lowest BCUT2D eigenvalue weighted by atomic mass is 10.1. The fourth-order valence-electron chi connectivity index (χ4n) is 2.95. The number of hydrogen-bond donors (Lipinski definition) is 1. The van der Waals surface area contributed by atoms with E-state index in [1.165, 1.54) is 4.31 Å². The van der Waals surface area contributed by atoms with Gasteiger partial charge in [0.05, 0.1) is 5.69 Å². The van der Waals surface area contributed by atoms with Crippen molar-refractivity contribution in [2.45, 2.75) is 39.2 Å². The van der Waals surface area contributed by atoms with Crippen LogP contribution >= 0.6 is 0 Å². The van der Waals surface area contributed by atoms with Crippen LogP contribution in [0.25, 0.3) is 0 Å². The van der Waals surface area contributed by atoms with Crippen molar-refractivity contribution in [1.29, 1.82) is 0 Å². The molecule has 0 radical (unpaired) electrons. The highest BCUT2D eigenvalue weighted by Crippen LogP contribution is 2.27. The molecule has 21 heavy (non-hydrogen) atoms. The monoisotopic (exact) mass is 311 g/mol. The molecule has 2 N–H and O–H groups in total. The highest BCUT2D eigenvalue weighted by molar-refractivity contribution is 7.90. The first kappa shape index (κ1) is 16.3. The normalized spacial score (nSPS) is 20.5. The Labute approximate surface area is 127 Å². The van der Waals surface area contributed by atoms with E-state index >= 15 is 0 Å². The molecule has 1 unspecified atom stereocenters. The van der Waals surface area contributed by atoms with Crippen LogP contribution in [-0.2, 0) is 10.2 Å². The Balaban J connectivity index is 2.33. The van der Waals surface area contributed by atoms with E-state index in [9.17, 15) is 8.42 Å². The zero-order valence-electron chi connectivity index (χ0n) is 13.0. The second kappa shape index (κ2) is 6.34. The summed E-state index contributed by atoms with van der Waals surface area (Å²) in [7, 11) is -1.90. The molecule has 0 amide bonds. The van der Waals surface area contributed by atoms with Gasteiger partial charge in [0.15, 0.2) is 0 Å². The number of nitrogens with zero attached hydrogens (tertiary/aromatic N) is 2. The minimum Gasteiger partial charge on any atom is -0.329 e. The van der Waals surface area contributed by atoms with Crippen LogP contribution in [-0.4, -0.2) is 38.9 Å². The van der Waals surface area contributed by atoms with E-state index in [-0.39, 0.29) is 6.04 Å². The second-order valence-electron chi connectivity index (χ2n) is 5.76. The number of hydrogen-bond acceptors (Lipinski definition) is 3. The maximum atomic E-state index is 12.9. The maximum Gasteiger partial charge on any atom is 0.304 e. The average Bonchev–Trinajstić information content (AvgIpc) is 2.46. The summed E-state index contributed by atoms with van der Waals surface area (Å²) in [5, 5.41) is 0. The van der Waals surface area contributed by atoms with Gasteiger partial charge in [-0.1, -0.05) is 24.1 Å². The standard InChI is InChI=1S/C15H25N3O2S/c1-12-7-8-15(13(2)10-12)17(3)21(19,20)18-9-5-4-6-14(18)11-16/h7-8,10,14H,4-6,9,11,16H2,1-3H3. The fourth-order valence-corrected chi connectivity index (χ4v) is 4.65. The summed E-state index contributed by atoms with van der Waals surface area (Å²) in [6.07, 6.45) is 2.79. The van der Waals surface area contributed by atoms with Gasteiger partial charge in [-0.15, -0.1) is 0 Å². The van der Waals surface area contributed by atoms with Crippen LogP contribution in [0.15, 0.2) is 18.2 Å². The van der Waals surface area contributed by atoms with Gasteiger partial charge in [-0.05, 0) is 38.3 Å². The van der Waals surface area contributed by atoms with Crippen LogP contribution < -0.4 is 10.0 Å². The molecular weight excluding hydrogens is 286 g/mol. The Morgan fingerprint density at radius 1 is 1.33 bits per heavy atom. The molecule has 1 aliphatic rings. The van der Waals surface area contributed by atoms with Crippen LogP contribution in [0.3, 0.4) is 0 Å². The maximum absolute atomic E-state index is 12.9. The molecule has 0 bridgehead atoms. The molecule has 0 aliphatic carbocycles. The van der Waals surface area contributed by atoms with E-state index in [0.29, 0.717) is 13.1 Å². The Kier molecular flexibility index (Phi) is 4.91. The van der Waals surface area contributed by atoms with Crippen LogP contribution in [0.2, 0.25) is 0 Å². The first-order valence-corrected chi connectivity index (χ1v) is 8.80. The van der Waals surface area contributed by atoms with Crippen molar-refractivity contribution in [1.82, 2.24) is 4.31 Å². The van der Waals surface area contributed by atoms with Crippen molar-refractivity contribution in [2.75, 3.05) is 24.4 Å². The average molecular weight is 311 g/mol. The van der Waals surface area contributed by atoms with Gasteiger partial charge < -0.3 is 5.73 Å². The van der Waals surface area contributed by atoms with Crippen LogP contribution in [0.4, 0.5) is 5.69 Å². The number of rotatable bonds is 4. The van der Waals surface area contributed by atoms with Crippen LogP contribution in [0.1, 0.15) is 30.4 Å². The number of benzene rings is 1. The predicted molar refractivity (Wildman–Crippen MR) is 86.6 cm³/mol. The predicted octanol–water partition coefficient (Wildman–Crippen LogP) is 1.80. The highest BCUT2D eigenvalue weighted by Gasteiger charge is 2.34. The summed E-state index contributed by atoms with van der Waals surface area (Å²) in [6.45, 7) is 4.87. The summed E-state index contributed by atoms with van der Waals surface area (Å²) >= 11 is 0. The van der Waals surface area contributed by atoms with E-state index in [1.807, 2.05) is 32.0 Å². The van der Waals surface area contributed by atoms with Crippen LogP contribution in [0, 0.1) is 13.8 Å². The topological polar surface area (TPSA) is 66.6 Å². The minimum absolute atomic E-state index is 0.0862. The second-order valence-corrected chi connectivity index (χ2v) is 7.67. The fraction of sp³-hybridized carbons (Fsp3) is 0.600. The first-order valence-electron chi connectivity index (χ1n) is 7.41. The third kappa shape index (κ3) is 3.22. The van der Waals surface area contributed by atoms with Gasteiger partial charge >= 0.3 is 10.2 Å². The molecular formula is C15H25N3O2S. The molecule has 1 atom stereocenters. The lowest BCUT2D eigenvalue weighted by molar-refractivity contribution is 0.257. The van der Waals surface area contributed by atoms with Crippen LogP contribution in [0.5, 0.6) is 0 Å². The zero-order valence-corrected chi connectivity index (χ0v) is 13.9. The number of piperidine rings is 1. The first-order chi connectivity index (χ1) is 9.87. The molecule has 118 valence electrons. The summed E-state index contributed by atoms with van der Waals surface area (Å²) in [5.41, 5.74) is 8.56. The summed E-state index contributed by atoms with van der Waals surface area (Å²) in [5.74, 6) is 0. The van der Waals surface area contributed by atoms with Gasteiger partial charge in [0.2, 0.25) is 0 Å². The smallest absolute Gasteiger partial charge is 0.304 e. The number of nitrogens with two attached hydrogens (primary N) is 1. The molecule has 1 fully saturated rings. The van der Waals surface area contributed by atoms with E-state index in [4.69, 9.17) is 5.73 Å². The molecule has 2 rings (SSSR count). The summed E-state index contributed by atoms with van der Waals surface area (Å²) in [4.78, 5) is 0. The van der Waals surface area contributed by atoms with Gasteiger partial charge in [0.1, 0.15) is 0 Å². The third-order valence-corrected chi connectivity index (χ3v) is 6.14. The Morgan fingerprint density at radius 2 is 2.05 bits per heavy atom. The zero-order chi connectivity index (χ0) is 15.6. The summed E-state index contributed by atoms with van der Waals surface area (Å²) < 4.78 is 28.7. The lowest BCUT2D eigenvalue weighted by Crippen LogP contribution is -2.52. The van der Waals surface area contributed by atoms with Crippen molar-refractivity contribution in [3.05, 3.63) is 29.3 Å². The SMILES string of the molecule is Cc1ccc(N(C)S(=O)(=O)N2CCCCC2CN)c(C)c1. The van der Waals surface area contributed by atoms with E-state index in [2.05, 4.69) is 0 Å². The van der Waals surface area contributed by atoms with Crippen molar-refractivity contribution in [3.63, 3.8) is 0 Å². The van der Waals surface area contributed by atoms with Crippen molar-refractivity contribution in [2.24, 2.45) is 5.73 Å². The van der Waals surface area contributed by atoms with Crippen molar-refractivity contribution >= 4 is 15.9 Å². The molecule has 1 heterocycles. The van der Waals surface area contributed by atoms with Gasteiger partial charge in [-0.25, -0.2) is 0 Å². The van der Waals surface area contributed by atoms with Gasteiger partial charge in [0, 0.05) is 26.2 Å². The van der Waals surface area contributed by atoms with Crippen molar-refractivity contribution < 1.29 is 8.42 Å². The largest absolute Gasteiger partial charge is 0.329 e. The van der Waals surface area contributed by atoms with E-state index in [0.717, 1.165) is 36.1 Å². The quantitative estimate of drug-likeness (QED) is 0.922. The molecule has 0 spiro atoms. The molecule has 0 saturated carbocycles. The van der Waals surface area contributed by atoms with E-state index < -0.39 is 10.2 Å². The van der Waals surface area contributed by atoms with Gasteiger partial charge in [0.25, 0.3) is 0 Å². The molecule has 1 aromatic rings. The summed E-state index contributed by atoms with van der Waals surface area (Å²) in [6, 6.07) is 5.71. The van der Waals surface area contributed by atoms with E-state index in [1.54, 1.807) is 11.4 Å². The Hall–Kier alpha value is -1.11. The molecule has 1 aromatic carbocycles. The van der Waals surface area contributed by atoms with Gasteiger partial charge in [-0.2, -0.15) is 12.7 Å². The van der Waals surface area contributed by atoms with Gasteiger partial charge in [-0.3, -0.25) is 4.31 Å². The highest BCUT2D eigenvalue weighted by atomic mass is 32.2. The molecule has 1 aliphatic heterocycles. The Bertz CT molecular complexity index is 601. The molecule has 6 heteroatoms. The number of aryl methyl sites for hydroxylation is 2. The Morgan fingerprint density at radius 3 is 2.67 bits per heavy atom. The lowest BCUT2D eigenvalue weighted by Gasteiger charge is -2.37. The molecule has 1 saturated heterocycles. The third-order valence-electron chi connectivity index (χ3n) is 4.18. The van der Waals surface area contributed by atoms with Crippen molar-refractivity contribution in [3.8, 4) is 0 Å². The number of anilines is 1. The molecule has 0 aromatic heterocycles. The minimum atomic E-state index is -3.53. The molecule has 5 nitrogen and oxygen atoms in total.